The van der Waals surface area contributed by atoms with Gasteiger partial charge in [0, 0.05) is 10.6 Å². The lowest BCUT2D eigenvalue weighted by Crippen LogP contribution is -2.51. The first kappa shape index (κ1) is 25.8. The van der Waals surface area contributed by atoms with Crippen LogP contribution in [0.3, 0.4) is 0 Å². The molecule has 5 heteroatoms. The summed E-state index contributed by atoms with van der Waals surface area (Å²) < 4.78 is 25.8. The van der Waals surface area contributed by atoms with Gasteiger partial charge in [0.2, 0.25) is 0 Å². The molecule has 4 nitrogen and oxygen atoms in total. The number of carbonyl (C=O) groups excluding carboxylic acids is 1. The molecule has 0 radical (unpaired) electrons. The summed E-state index contributed by atoms with van der Waals surface area (Å²) in [6.45, 7) is 11.3. The second-order valence-corrected chi connectivity index (χ2v) is 12.4. The van der Waals surface area contributed by atoms with Crippen LogP contribution in [0.5, 0.6) is 0 Å². The number of esters is 1. The number of ether oxygens (including phenoxy) is 2. The average Bonchev–Trinajstić information content (AvgIpc) is 3.21. The molecule has 4 atom stereocenters. The molecule has 2 fully saturated rings. The summed E-state index contributed by atoms with van der Waals surface area (Å²) in [6, 6.07) is 19.7. The lowest BCUT2D eigenvalue weighted by atomic mass is 9.65. The first-order chi connectivity index (χ1) is 16.7. The Morgan fingerprint density at radius 1 is 1.03 bits per heavy atom. The van der Waals surface area contributed by atoms with Crippen LogP contribution in [-0.4, -0.2) is 28.6 Å². The fraction of sp³-hybridized carbons (Fsp3) is 0.500. The van der Waals surface area contributed by atoms with Crippen molar-refractivity contribution in [2.24, 2.45) is 16.2 Å². The molecular weight excluding hydrogens is 456 g/mol. The van der Waals surface area contributed by atoms with Crippen molar-refractivity contribution in [3.8, 4) is 0 Å². The zero-order chi connectivity index (χ0) is 25.3. The number of fused-ring (bicyclic) bond motifs is 1. The summed E-state index contributed by atoms with van der Waals surface area (Å²) in [5.74, 6) is 0.214. The van der Waals surface area contributed by atoms with E-state index < -0.39 is 16.2 Å². The Bertz CT molecular complexity index is 1110. The van der Waals surface area contributed by atoms with Crippen molar-refractivity contribution in [1.82, 2.24) is 0 Å². The molecule has 2 aliphatic rings. The van der Waals surface area contributed by atoms with Crippen molar-refractivity contribution in [1.29, 1.82) is 0 Å². The van der Waals surface area contributed by atoms with Crippen LogP contribution in [0, 0.1) is 16.2 Å². The zero-order valence-corrected chi connectivity index (χ0v) is 22.5. The summed E-state index contributed by atoms with van der Waals surface area (Å²) in [6.07, 6.45) is 2.23. The van der Waals surface area contributed by atoms with Gasteiger partial charge >= 0.3 is 5.97 Å². The molecule has 1 unspecified atom stereocenters. The Balaban J connectivity index is 1.78. The maximum Gasteiger partial charge on any atom is 0.319 e. The lowest BCUT2D eigenvalue weighted by Gasteiger charge is -2.42. The van der Waals surface area contributed by atoms with Crippen molar-refractivity contribution in [3.63, 3.8) is 0 Å². The molecule has 0 N–H and O–H groups in total. The molecule has 0 saturated heterocycles. The van der Waals surface area contributed by atoms with Gasteiger partial charge in [0.15, 0.2) is 0 Å². The molecule has 188 valence electrons. The lowest BCUT2D eigenvalue weighted by molar-refractivity contribution is -0.170. The van der Waals surface area contributed by atoms with Crippen molar-refractivity contribution in [2.75, 3.05) is 12.4 Å². The maximum absolute atomic E-state index is 14.0. The van der Waals surface area contributed by atoms with Gasteiger partial charge in [-0.25, -0.2) is 0 Å². The third-order valence-corrected chi connectivity index (χ3v) is 9.52. The quantitative estimate of drug-likeness (QED) is 0.311. The van der Waals surface area contributed by atoms with Gasteiger partial charge in [0.05, 0.1) is 30.1 Å². The minimum Gasteiger partial charge on any atom is -0.465 e. The number of benzene rings is 2. The van der Waals surface area contributed by atoms with Gasteiger partial charge < -0.3 is 9.47 Å². The minimum absolute atomic E-state index is 0.191. The van der Waals surface area contributed by atoms with E-state index >= 15 is 0 Å². The molecule has 2 saturated carbocycles. The summed E-state index contributed by atoms with van der Waals surface area (Å²) in [5.41, 5.74) is 1.80. The normalized spacial score (nSPS) is 29.5. The molecule has 0 heterocycles. The predicted octanol–water partition coefficient (Wildman–Crippen LogP) is 6.48. The standard InChI is InChI=1S/C30H38O4S/c1-6-33-27(31)30-25(22(2)20-35(32)24-15-11-8-12-16-24)17-18-29(30,5)21-28(3,4)26(30)34-19-23-13-9-7-10-14-23/h7-16,26H,6,17-21H2,1-5H3/b25-22-/t26-,29+,30-,35?/m1/s1. The molecule has 4 rings (SSSR count). The van der Waals surface area contributed by atoms with Crippen LogP contribution >= 0.6 is 0 Å². The molecule has 35 heavy (non-hydrogen) atoms. The maximum atomic E-state index is 14.0. The van der Waals surface area contributed by atoms with E-state index in [0.29, 0.717) is 19.0 Å². The molecule has 0 bridgehead atoms. The van der Waals surface area contributed by atoms with Gasteiger partial charge in [-0.2, -0.15) is 0 Å². The van der Waals surface area contributed by atoms with Gasteiger partial charge in [-0.1, -0.05) is 74.9 Å². The molecule has 0 amide bonds. The van der Waals surface area contributed by atoms with Crippen molar-refractivity contribution >= 4 is 16.8 Å². The van der Waals surface area contributed by atoms with E-state index in [1.807, 2.05) is 62.4 Å². The van der Waals surface area contributed by atoms with Gasteiger partial charge in [-0.05, 0) is 67.2 Å². The zero-order valence-electron chi connectivity index (χ0n) is 21.6. The Kier molecular flexibility index (Phi) is 7.40. The molecule has 0 aliphatic heterocycles. The van der Waals surface area contributed by atoms with Gasteiger partial charge in [-0.15, -0.1) is 0 Å². The number of carbonyl (C=O) groups is 1. The Morgan fingerprint density at radius 2 is 1.66 bits per heavy atom. The second kappa shape index (κ2) is 10.0. The predicted molar refractivity (Wildman–Crippen MR) is 140 cm³/mol. The summed E-state index contributed by atoms with van der Waals surface area (Å²) in [5, 5.41) is 0. The van der Waals surface area contributed by atoms with E-state index in [-0.39, 0.29) is 22.9 Å². The molecule has 2 aliphatic carbocycles. The van der Waals surface area contributed by atoms with Crippen molar-refractivity contribution in [2.45, 2.75) is 71.5 Å². The van der Waals surface area contributed by atoms with Gasteiger partial charge in [0.1, 0.15) is 5.41 Å². The van der Waals surface area contributed by atoms with Crippen LogP contribution in [-0.2, 0) is 31.7 Å². The van der Waals surface area contributed by atoms with Crippen LogP contribution < -0.4 is 0 Å². The molecular formula is C30H38O4S. The highest BCUT2D eigenvalue weighted by Crippen LogP contribution is 2.71. The van der Waals surface area contributed by atoms with E-state index in [1.165, 1.54) is 0 Å². The molecule has 2 aromatic carbocycles. The van der Waals surface area contributed by atoms with E-state index in [9.17, 15) is 9.00 Å². The Hall–Kier alpha value is -2.24. The molecule has 0 aromatic heterocycles. The van der Waals surface area contributed by atoms with E-state index in [2.05, 4.69) is 32.9 Å². The second-order valence-electron chi connectivity index (χ2n) is 11.0. The number of rotatable bonds is 8. The summed E-state index contributed by atoms with van der Waals surface area (Å²) in [7, 11) is -1.18. The minimum atomic E-state index is -1.18. The SMILES string of the molecule is CCOC(=O)[C@]12/C(=C(/C)CS(=O)c3ccccc3)CC[C@@]1(C)CC(C)(C)[C@H]2OCc1ccccc1. The monoisotopic (exact) mass is 494 g/mol. The smallest absolute Gasteiger partial charge is 0.319 e. The van der Waals surface area contributed by atoms with E-state index in [0.717, 1.165) is 40.9 Å². The highest BCUT2D eigenvalue weighted by Gasteiger charge is 2.73. The third-order valence-electron chi connectivity index (χ3n) is 8.03. The number of hydrogen-bond acceptors (Lipinski definition) is 4. The highest BCUT2D eigenvalue weighted by molar-refractivity contribution is 7.85. The van der Waals surface area contributed by atoms with Crippen LogP contribution in [0.15, 0.2) is 76.7 Å². The third kappa shape index (κ3) is 4.53. The van der Waals surface area contributed by atoms with Crippen LogP contribution in [0.25, 0.3) is 0 Å². The number of hydrogen-bond donors (Lipinski definition) is 0. The highest BCUT2D eigenvalue weighted by atomic mass is 32.2. The topological polar surface area (TPSA) is 52.6 Å². The Morgan fingerprint density at radius 3 is 2.29 bits per heavy atom. The first-order valence-electron chi connectivity index (χ1n) is 12.6. The van der Waals surface area contributed by atoms with Crippen LogP contribution in [0.2, 0.25) is 0 Å². The van der Waals surface area contributed by atoms with E-state index in [4.69, 9.17) is 9.47 Å². The first-order valence-corrected chi connectivity index (χ1v) is 13.9. The van der Waals surface area contributed by atoms with Crippen molar-refractivity contribution < 1.29 is 18.5 Å². The van der Waals surface area contributed by atoms with E-state index in [1.54, 1.807) is 0 Å². The van der Waals surface area contributed by atoms with Gasteiger partial charge in [0.25, 0.3) is 0 Å². The van der Waals surface area contributed by atoms with Crippen LogP contribution in [0.1, 0.15) is 59.4 Å². The molecule has 0 spiro atoms. The largest absolute Gasteiger partial charge is 0.465 e. The summed E-state index contributed by atoms with van der Waals surface area (Å²) >= 11 is 0. The van der Waals surface area contributed by atoms with Crippen LogP contribution in [0.4, 0.5) is 0 Å². The Labute approximate surface area is 212 Å². The fourth-order valence-corrected chi connectivity index (χ4v) is 8.06. The summed E-state index contributed by atoms with van der Waals surface area (Å²) in [4.78, 5) is 14.8. The average molecular weight is 495 g/mol. The van der Waals surface area contributed by atoms with Gasteiger partial charge in [-0.3, -0.25) is 9.00 Å². The van der Waals surface area contributed by atoms with Crippen molar-refractivity contribution in [3.05, 3.63) is 77.4 Å². The fourth-order valence-electron chi connectivity index (χ4n) is 6.86. The molecule has 2 aromatic rings.